The predicted molar refractivity (Wildman–Crippen MR) is 69.2 cm³/mol. The molecule has 4 nitrogen and oxygen atoms in total. The van der Waals surface area contributed by atoms with Crippen molar-refractivity contribution in [3.05, 3.63) is 34.9 Å². The van der Waals surface area contributed by atoms with Crippen molar-refractivity contribution in [2.75, 3.05) is 7.05 Å². The maximum Gasteiger partial charge on any atom is 0.257 e. The standard InChI is InChI=1S/C13H21N3O/c1-8(2)10-6-5-9(3)11(7-10)12(14)13(17)16(4)15/h5-8,12H,14-15H2,1-4H3. The first-order valence-electron chi connectivity index (χ1n) is 5.73. The second kappa shape index (κ2) is 5.29. The first kappa shape index (κ1) is 13.7. The van der Waals surface area contributed by atoms with Crippen molar-refractivity contribution in [3.63, 3.8) is 0 Å². The molecule has 0 bridgehead atoms. The average Bonchev–Trinajstić information content (AvgIpc) is 2.27. The normalized spacial score (nSPS) is 12.6. The Morgan fingerprint density at radius 3 is 2.41 bits per heavy atom. The van der Waals surface area contributed by atoms with E-state index >= 15 is 0 Å². The minimum Gasteiger partial charge on any atom is -0.316 e. The summed E-state index contributed by atoms with van der Waals surface area (Å²) >= 11 is 0. The van der Waals surface area contributed by atoms with Crippen LogP contribution in [-0.4, -0.2) is 18.0 Å². The van der Waals surface area contributed by atoms with E-state index in [0.717, 1.165) is 16.1 Å². The van der Waals surface area contributed by atoms with E-state index in [1.807, 2.05) is 19.1 Å². The van der Waals surface area contributed by atoms with Crippen LogP contribution in [0.25, 0.3) is 0 Å². The van der Waals surface area contributed by atoms with Gasteiger partial charge in [-0.2, -0.15) is 0 Å². The number of hydrogen-bond donors (Lipinski definition) is 2. The number of rotatable bonds is 3. The van der Waals surface area contributed by atoms with E-state index in [9.17, 15) is 4.79 Å². The minimum absolute atomic E-state index is 0.283. The van der Waals surface area contributed by atoms with Gasteiger partial charge in [0.05, 0.1) is 0 Å². The lowest BCUT2D eigenvalue weighted by Gasteiger charge is -2.19. The highest BCUT2D eigenvalue weighted by Gasteiger charge is 2.20. The van der Waals surface area contributed by atoms with Crippen molar-refractivity contribution in [1.82, 2.24) is 5.01 Å². The Morgan fingerprint density at radius 1 is 1.35 bits per heavy atom. The first-order chi connectivity index (χ1) is 7.84. The lowest BCUT2D eigenvalue weighted by molar-refractivity contribution is -0.131. The lowest BCUT2D eigenvalue weighted by Crippen LogP contribution is -2.40. The van der Waals surface area contributed by atoms with Crippen molar-refractivity contribution >= 4 is 5.91 Å². The molecule has 0 radical (unpaired) electrons. The summed E-state index contributed by atoms with van der Waals surface area (Å²) in [5.41, 5.74) is 8.97. The molecule has 1 unspecified atom stereocenters. The van der Waals surface area contributed by atoms with Crippen LogP contribution in [-0.2, 0) is 4.79 Å². The number of carbonyl (C=O) groups excluding carboxylic acids is 1. The van der Waals surface area contributed by atoms with Crippen LogP contribution in [0.4, 0.5) is 0 Å². The van der Waals surface area contributed by atoms with Gasteiger partial charge in [0.2, 0.25) is 0 Å². The van der Waals surface area contributed by atoms with E-state index in [-0.39, 0.29) is 5.91 Å². The molecule has 1 atom stereocenters. The van der Waals surface area contributed by atoms with E-state index in [4.69, 9.17) is 11.6 Å². The molecule has 1 amide bonds. The van der Waals surface area contributed by atoms with Gasteiger partial charge < -0.3 is 5.73 Å². The summed E-state index contributed by atoms with van der Waals surface area (Å²) in [7, 11) is 1.50. The fourth-order valence-corrected chi connectivity index (χ4v) is 1.71. The van der Waals surface area contributed by atoms with Gasteiger partial charge in [-0.15, -0.1) is 0 Å². The van der Waals surface area contributed by atoms with Crippen LogP contribution in [0.3, 0.4) is 0 Å². The minimum atomic E-state index is -0.691. The van der Waals surface area contributed by atoms with Crippen LogP contribution in [0, 0.1) is 6.92 Å². The van der Waals surface area contributed by atoms with Gasteiger partial charge in [-0.1, -0.05) is 32.0 Å². The van der Waals surface area contributed by atoms with Crippen molar-refractivity contribution in [2.24, 2.45) is 11.6 Å². The molecular formula is C13H21N3O. The summed E-state index contributed by atoms with van der Waals surface area (Å²) in [6.45, 7) is 6.16. The second-order valence-electron chi connectivity index (χ2n) is 4.70. The zero-order valence-corrected chi connectivity index (χ0v) is 10.9. The van der Waals surface area contributed by atoms with E-state index in [2.05, 4.69) is 19.9 Å². The number of nitrogens with zero attached hydrogens (tertiary/aromatic N) is 1. The molecule has 0 saturated heterocycles. The third-order valence-corrected chi connectivity index (χ3v) is 2.92. The number of hydrogen-bond acceptors (Lipinski definition) is 3. The van der Waals surface area contributed by atoms with E-state index < -0.39 is 6.04 Å². The van der Waals surface area contributed by atoms with Crippen LogP contribution in [0.5, 0.6) is 0 Å². The highest BCUT2D eigenvalue weighted by molar-refractivity contribution is 5.82. The van der Waals surface area contributed by atoms with Crippen molar-refractivity contribution in [3.8, 4) is 0 Å². The molecule has 17 heavy (non-hydrogen) atoms. The number of nitrogens with two attached hydrogens (primary N) is 2. The molecule has 0 heterocycles. The molecule has 4 heteroatoms. The third-order valence-electron chi connectivity index (χ3n) is 2.92. The van der Waals surface area contributed by atoms with E-state index in [1.54, 1.807) is 0 Å². The molecule has 0 aliphatic rings. The van der Waals surface area contributed by atoms with Gasteiger partial charge in [0, 0.05) is 7.05 Å². The smallest absolute Gasteiger partial charge is 0.257 e. The molecule has 0 aliphatic carbocycles. The average molecular weight is 235 g/mol. The summed E-state index contributed by atoms with van der Waals surface area (Å²) in [4.78, 5) is 11.8. The van der Waals surface area contributed by atoms with Crippen LogP contribution in [0.2, 0.25) is 0 Å². The first-order valence-corrected chi connectivity index (χ1v) is 5.73. The molecule has 0 spiro atoms. The van der Waals surface area contributed by atoms with Gasteiger partial charge in [-0.05, 0) is 29.5 Å². The molecule has 1 aromatic carbocycles. The molecule has 0 saturated carbocycles. The van der Waals surface area contributed by atoms with Gasteiger partial charge >= 0.3 is 0 Å². The van der Waals surface area contributed by atoms with Crippen LogP contribution < -0.4 is 11.6 Å². The van der Waals surface area contributed by atoms with Crippen molar-refractivity contribution < 1.29 is 4.79 Å². The molecule has 0 fully saturated rings. The predicted octanol–water partition coefficient (Wildman–Crippen LogP) is 1.45. The molecule has 0 aliphatic heterocycles. The summed E-state index contributed by atoms with van der Waals surface area (Å²) in [5.74, 6) is 5.55. The zero-order chi connectivity index (χ0) is 13.2. The maximum atomic E-state index is 11.8. The summed E-state index contributed by atoms with van der Waals surface area (Å²) in [6, 6.07) is 5.36. The number of benzene rings is 1. The van der Waals surface area contributed by atoms with Gasteiger partial charge in [-0.25, -0.2) is 5.84 Å². The zero-order valence-electron chi connectivity index (χ0n) is 10.9. The van der Waals surface area contributed by atoms with E-state index in [1.165, 1.54) is 12.6 Å². The summed E-state index contributed by atoms with van der Waals surface area (Å²) in [5, 5.41) is 1.03. The topological polar surface area (TPSA) is 72.4 Å². The number of amides is 1. The molecule has 0 aromatic heterocycles. The highest BCUT2D eigenvalue weighted by Crippen LogP contribution is 2.23. The molecule has 1 rings (SSSR count). The molecule has 94 valence electrons. The van der Waals surface area contributed by atoms with E-state index in [0.29, 0.717) is 5.92 Å². The van der Waals surface area contributed by atoms with Crippen molar-refractivity contribution in [1.29, 1.82) is 0 Å². The Labute approximate surface area is 103 Å². The number of aryl methyl sites for hydroxylation is 1. The monoisotopic (exact) mass is 235 g/mol. The Kier molecular flexibility index (Phi) is 4.26. The number of hydrazine groups is 1. The van der Waals surface area contributed by atoms with Gasteiger partial charge in [0.15, 0.2) is 0 Å². The third kappa shape index (κ3) is 3.05. The van der Waals surface area contributed by atoms with Crippen LogP contribution in [0.1, 0.15) is 42.5 Å². The quantitative estimate of drug-likeness (QED) is 0.473. The second-order valence-corrected chi connectivity index (χ2v) is 4.70. The Hall–Kier alpha value is -1.39. The SMILES string of the molecule is Cc1ccc(C(C)C)cc1C(N)C(=O)N(C)N. The highest BCUT2D eigenvalue weighted by atomic mass is 16.2. The van der Waals surface area contributed by atoms with Gasteiger partial charge in [0.1, 0.15) is 6.04 Å². The summed E-state index contributed by atoms with van der Waals surface area (Å²) < 4.78 is 0. The fourth-order valence-electron chi connectivity index (χ4n) is 1.71. The lowest BCUT2D eigenvalue weighted by atomic mass is 9.94. The Balaban J connectivity index is 3.12. The van der Waals surface area contributed by atoms with Crippen molar-refractivity contribution in [2.45, 2.75) is 32.7 Å². The molecule has 4 N–H and O–H groups in total. The summed E-state index contributed by atoms with van der Waals surface area (Å²) in [6.07, 6.45) is 0. The molecular weight excluding hydrogens is 214 g/mol. The molecule has 1 aromatic rings. The van der Waals surface area contributed by atoms with Gasteiger partial charge in [-0.3, -0.25) is 9.80 Å². The largest absolute Gasteiger partial charge is 0.316 e. The Bertz CT molecular complexity index is 413. The number of carbonyl (C=O) groups is 1. The van der Waals surface area contributed by atoms with Crippen LogP contribution in [0.15, 0.2) is 18.2 Å². The Morgan fingerprint density at radius 2 is 1.94 bits per heavy atom. The maximum absolute atomic E-state index is 11.8. The van der Waals surface area contributed by atoms with Gasteiger partial charge in [0.25, 0.3) is 5.91 Å². The van der Waals surface area contributed by atoms with Crippen LogP contribution >= 0.6 is 0 Å². The fraction of sp³-hybridized carbons (Fsp3) is 0.462. The number of likely N-dealkylation sites (N-methyl/N-ethyl adjacent to an activating group) is 1.